The standard InChI is InChI=1S/C14H14BrN3O3/c15-9-2-4-10(5-3-9)16-11(19)8-18-12(20)14(6-1-7-14)17-13(18)21/h2-5H,1,6-8H2,(H,16,19)(H,17,21). The van der Waals surface area contributed by atoms with Gasteiger partial charge >= 0.3 is 6.03 Å². The maximum Gasteiger partial charge on any atom is 0.325 e. The molecule has 1 saturated heterocycles. The normalized spacial score (nSPS) is 19.4. The van der Waals surface area contributed by atoms with Crippen molar-refractivity contribution in [3.8, 4) is 0 Å². The van der Waals surface area contributed by atoms with Gasteiger partial charge in [0, 0.05) is 10.2 Å². The van der Waals surface area contributed by atoms with Gasteiger partial charge in [-0.2, -0.15) is 0 Å². The lowest BCUT2D eigenvalue weighted by molar-refractivity contribution is -0.136. The molecule has 1 aromatic carbocycles. The number of urea groups is 1. The molecule has 0 aromatic heterocycles. The van der Waals surface area contributed by atoms with Gasteiger partial charge in [0.05, 0.1) is 0 Å². The second-order valence-corrected chi connectivity index (χ2v) is 6.23. The van der Waals surface area contributed by atoms with Crippen molar-refractivity contribution in [2.24, 2.45) is 0 Å². The van der Waals surface area contributed by atoms with Crippen LogP contribution in [0.25, 0.3) is 0 Å². The molecule has 21 heavy (non-hydrogen) atoms. The number of nitrogens with zero attached hydrogens (tertiary/aromatic N) is 1. The fourth-order valence-corrected chi connectivity index (χ4v) is 2.83. The molecule has 1 aliphatic carbocycles. The number of hydrogen-bond acceptors (Lipinski definition) is 3. The predicted octanol–water partition coefficient (Wildman–Crippen LogP) is 1.86. The van der Waals surface area contributed by atoms with E-state index in [1.165, 1.54) is 0 Å². The molecular weight excluding hydrogens is 338 g/mol. The van der Waals surface area contributed by atoms with Crippen molar-refractivity contribution in [2.45, 2.75) is 24.8 Å². The van der Waals surface area contributed by atoms with Crippen molar-refractivity contribution in [2.75, 3.05) is 11.9 Å². The van der Waals surface area contributed by atoms with Crippen LogP contribution in [0.3, 0.4) is 0 Å². The van der Waals surface area contributed by atoms with Crippen molar-refractivity contribution in [3.05, 3.63) is 28.7 Å². The first-order valence-corrected chi connectivity index (χ1v) is 7.49. The van der Waals surface area contributed by atoms with Gasteiger partial charge in [-0.15, -0.1) is 0 Å². The lowest BCUT2D eigenvalue weighted by Gasteiger charge is -2.34. The minimum absolute atomic E-state index is 0.261. The van der Waals surface area contributed by atoms with Crippen molar-refractivity contribution in [1.82, 2.24) is 10.2 Å². The molecule has 6 nitrogen and oxygen atoms in total. The Bertz CT molecular complexity index is 610. The number of carbonyl (C=O) groups excluding carboxylic acids is 3. The second-order valence-electron chi connectivity index (χ2n) is 5.31. The molecule has 2 N–H and O–H groups in total. The molecule has 7 heteroatoms. The summed E-state index contributed by atoms with van der Waals surface area (Å²) in [5.41, 5.74) is -0.122. The third-order valence-electron chi connectivity index (χ3n) is 3.88. The fraction of sp³-hybridized carbons (Fsp3) is 0.357. The molecule has 3 rings (SSSR count). The van der Waals surface area contributed by atoms with Gasteiger partial charge in [-0.05, 0) is 43.5 Å². The monoisotopic (exact) mass is 351 g/mol. The molecule has 0 unspecified atom stereocenters. The number of halogens is 1. The lowest BCUT2D eigenvalue weighted by Crippen LogP contribution is -2.52. The number of benzene rings is 1. The van der Waals surface area contributed by atoms with E-state index in [2.05, 4.69) is 26.6 Å². The highest BCUT2D eigenvalue weighted by atomic mass is 79.9. The van der Waals surface area contributed by atoms with Gasteiger partial charge in [-0.1, -0.05) is 15.9 Å². The summed E-state index contributed by atoms with van der Waals surface area (Å²) in [6.07, 6.45) is 2.23. The van der Waals surface area contributed by atoms with Crippen LogP contribution in [-0.2, 0) is 9.59 Å². The second kappa shape index (κ2) is 5.14. The molecule has 0 bridgehead atoms. The van der Waals surface area contributed by atoms with Gasteiger partial charge in [0.2, 0.25) is 5.91 Å². The number of nitrogens with one attached hydrogen (secondary N) is 2. The van der Waals surface area contributed by atoms with E-state index in [4.69, 9.17) is 0 Å². The maximum atomic E-state index is 12.2. The average Bonchev–Trinajstić information content (AvgIpc) is 2.66. The number of carbonyl (C=O) groups is 3. The number of anilines is 1. The fourth-order valence-electron chi connectivity index (χ4n) is 2.57. The SMILES string of the molecule is O=C(CN1C(=O)NC2(CCC2)C1=O)Nc1ccc(Br)cc1. The third kappa shape index (κ3) is 2.53. The smallest absolute Gasteiger partial charge is 0.325 e. The predicted molar refractivity (Wildman–Crippen MR) is 79.6 cm³/mol. The summed E-state index contributed by atoms with van der Waals surface area (Å²) in [7, 11) is 0. The summed E-state index contributed by atoms with van der Waals surface area (Å²) in [4.78, 5) is 37.0. The molecule has 1 saturated carbocycles. The van der Waals surface area contributed by atoms with Crippen LogP contribution >= 0.6 is 15.9 Å². The zero-order chi connectivity index (χ0) is 15.0. The van der Waals surface area contributed by atoms with Gasteiger partial charge in [0.1, 0.15) is 12.1 Å². The van der Waals surface area contributed by atoms with E-state index < -0.39 is 17.5 Å². The molecular formula is C14H14BrN3O3. The van der Waals surface area contributed by atoms with E-state index in [9.17, 15) is 14.4 Å². The van der Waals surface area contributed by atoms with Gasteiger partial charge in [0.15, 0.2) is 0 Å². The molecule has 2 fully saturated rings. The Morgan fingerprint density at radius 1 is 1.29 bits per heavy atom. The lowest BCUT2D eigenvalue weighted by atomic mass is 9.77. The summed E-state index contributed by atoms with van der Waals surface area (Å²) >= 11 is 3.31. The Morgan fingerprint density at radius 3 is 2.48 bits per heavy atom. The van der Waals surface area contributed by atoms with Gasteiger partial charge < -0.3 is 10.6 Å². The number of imide groups is 1. The zero-order valence-electron chi connectivity index (χ0n) is 11.2. The van der Waals surface area contributed by atoms with Gasteiger partial charge in [0.25, 0.3) is 5.91 Å². The summed E-state index contributed by atoms with van der Waals surface area (Å²) in [5.74, 6) is -0.679. The summed E-state index contributed by atoms with van der Waals surface area (Å²) in [5, 5.41) is 5.36. The minimum Gasteiger partial charge on any atom is -0.325 e. The molecule has 1 aliphatic heterocycles. The summed E-state index contributed by atoms with van der Waals surface area (Å²) < 4.78 is 0.904. The number of hydrogen-bond donors (Lipinski definition) is 2. The van der Waals surface area contributed by atoms with Gasteiger partial charge in [-0.3, -0.25) is 14.5 Å². The first kappa shape index (κ1) is 14.1. The minimum atomic E-state index is -0.741. The molecule has 2 aliphatic rings. The van der Waals surface area contributed by atoms with E-state index in [1.54, 1.807) is 24.3 Å². The maximum absolute atomic E-state index is 12.2. The largest absolute Gasteiger partial charge is 0.325 e. The van der Waals surface area contributed by atoms with Crippen molar-refractivity contribution in [3.63, 3.8) is 0 Å². The highest BCUT2D eigenvalue weighted by Crippen LogP contribution is 2.37. The van der Waals surface area contributed by atoms with E-state index in [0.717, 1.165) is 15.8 Å². The van der Waals surface area contributed by atoms with Crippen molar-refractivity contribution in [1.29, 1.82) is 0 Å². The summed E-state index contributed by atoms with van der Waals surface area (Å²) in [6, 6.07) is 6.59. The van der Waals surface area contributed by atoms with Crippen molar-refractivity contribution >= 4 is 39.5 Å². The highest BCUT2D eigenvalue weighted by molar-refractivity contribution is 9.10. The first-order valence-electron chi connectivity index (χ1n) is 6.70. The third-order valence-corrected chi connectivity index (χ3v) is 4.41. The molecule has 1 heterocycles. The van der Waals surface area contributed by atoms with Crippen LogP contribution in [0.2, 0.25) is 0 Å². The number of amides is 4. The molecule has 1 aromatic rings. The molecule has 110 valence electrons. The Kier molecular flexibility index (Phi) is 3.44. The molecule has 0 radical (unpaired) electrons. The van der Waals surface area contributed by atoms with Crippen LogP contribution in [0.5, 0.6) is 0 Å². The van der Waals surface area contributed by atoms with Gasteiger partial charge in [-0.25, -0.2) is 4.79 Å². The van der Waals surface area contributed by atoms with Crippen LogP contribution < -0.4 is 10.6 Å². The van der Waals surface area contributed by atoms with E-state index in [1.807, 2.05) is 0 Å². The van der Waals surface area contributed by atoms with Crippen LogP contribution in [0.15, 0.2) is 28.7 Å². The first-order chi connectivity index (χ1) is 10.00. The number of rotatable bonds is 3. The average molecular weight is 352 g/mol. The highest BCUT2D eigenvalue weighted by Gasteiger charge is 2.54. The van der Waals surface area contributed by atoms with Crippen LogP contribution in [0.4, 0.5) is 10.5 Å². The Balaban J connectivity index is 1.63. The molecule has 1 spiro atoms. The zero-order valence-corrected chi connectivity index (χ0v) is 12.8. The Morgan fingerprint density at radius 2 is 1.95 bits per heavy atom. The molecule has 4 amide bonds. The van der Waals surface area contributed by atoms with Crippen LogP contribution in [0, 0.1) is 0 Å². The summed E-state index contributed by atoms with van der Waals surface area (Å²) in [6.45, 7) is -0.261. The van der Waals surface area contributed by atoms with Crippen molar-refractivity contribution < 1.29 is 14.4 Å². The van der Waals surface area contributed by atoms with E-state index in [0.29, 0.717) is 18.5 Å². The Labute approximate surface area is 130 Å². The van der Waals surface area contributed by atoms with E-state index in [-0.39, 0.29) is 12.5 Å². The topological polar surface area (TPSA) is 78.5 Å². The van der Waals surface area contributed by atoms with Crippen LogP contribution in [-0.4, -0.2) is 34.8 Å². The molecule has 0 atom stereocenters. The Hall–Kier alpha value is -1.89. The quantitative estimate of drug-likeness (QED) is 0.815. The van der Waals surface area contributed by atoms with Crippen LogP contribution in [0.1, 0.15) is 19.3 Å². The van der Waals surface area contributed by atoms with E-state index >= 15 is 0 Å².